The summed E-state index contributed by atoms with van der Waals surface area (Å²) in [6.45, 7) is 6.37. The molecular weight excluding hydrogens is 1120 g/mol. The molecule has 0 atom stereocenters. The molecule has 0 aromatic heterocycles. The standard InChI is InChI=1S/2C22H26N4.C6H5NO.2Hf.H2O/c2*1-4-11-19-21(13-6-1)25-17-10-18-26-22-14-7-2-5-12-20(22)24-16-9-3-8-15-23-19;8-7-6-4-2-1-3-5-6;;;/h2*1-2,4-7,11-14H,3,8-10,15-18H2;1-5H;;;1H2/q2*-2;;;;. The van der Waals surface area contributed by atoms with Gasteiger partial charge in [-0.25, -0.2) is 0 Å². The number of nitroso groups, excluding NO2 is 1. The van der Waals surface area contributed by atoms with Crippen LogP contribution in [0.1, 0.15) is 51.4 Å². The summed E-state index contributed by atoms with van der Waals surface area (Å²) in [5, 5.41) is 21.7. The number of rotatable bonds is 1. The zero-order chi connectivity index (χ0) is 41.6. The number of aliphatic imine (C=N–C) groups is 4. The molecule has 2 aliphatic heterocycles. The molecule has 0 unspecified atom stereocenters. The van der Waals surface area contributed by atoms with Crippen molar-refractivity contribution in [3.8, 4) is 0 Å². The van der Waals surface area contributed by atoms with Crippen molar-refractivity contribution in [3.05, 3.63) is 201 Å². The molecule has 11 nitrogen and oxygen atoms in total. The molecule has 0 saturated heterocycles. The topological polar surface area (TPSA) is 167 Å². The summed E-state index contributed by atoms with van der Waals surface area (Å²) in [5.74, 6) is 0. The van der Waals surface area contributed by atoms with Gasteiger partial charge in [-0.05, 0) is 67.3 Å². The first-order valence-electron chi connectivity index (χ1n) is 21.3. The van der Waals surface area contributed by atoms with E-state index in [9.17, 15) is 4.91 Å². The van der Waals surface area contributed by atoms with Gasteiger partial charge < -0.3 is 26.7 Å². The predicted molar refractivity (Wildman–Crippen MR) is 260 cm³/mol. The van der Waals surface area contributed by atoms with E-state index >= 15 is 0 Å². The fraction of sp³-hybridized carbons (Fsp3) is 0.320. The van der Waals surface area contributed by atoms with Gasteiger partial charge in [-0.15, -0.1) is 53.9 Å². The third-order valence-electron chi connectivity index (χ3n) is 9.36. The molecule has 2 heterocycles. The molecule has 0 saturated carbocycles. The quantitative estimate of drug-likeness (QED) is 0.198. The largest absolute Gasteiger partial charge is 0.683 e. The molecule has 4 aliphatic carbocycles. The summed E-state index contributed by atoms with van der Waals surface area (Å²) in [5.41, 5.74) is 8.33. The van der Waals surface area contributed by atoms with E-state index in [0.717, 1.165) is 149 Å². The van der Waals surface area contributed by atoms with E-state index in [1.807, 2.05) is 103 Å². The normalized spacial score (nSPS) is 18.9. The number of nitrogens with zero attached hydrogens (tertiary/aromatic N) is 9. The number of benzene rings is 1. The van der Waals surface area contributed by atoms with Crippen LogP contribution in [-0.2, 0) is 51.7 Å². The molecule has 0 bridgehead atoms. The third kappa shape index (κ3) is 22.0. The Labute approximate surface area is 412 Å². The van der Waals surface area contributed by atoms with Crippen LogP contribution in [0.5, 0.6) is 0 Å². The number of fused-ring (bicyclic) bond motifs is 4. The van der Waals surface area contributed by atoms with Gasteiger partial charge in [0, 0.05) is 101 Å². The maximum Gasteiger partial charge on any atom is 0.107 e. The third-order valence-corrected chi connectivity index (χ3v) is 9.36. The monoisotopic (exact) mass is 1180 g/mol. The molecule has 0 radical (unpaired) electrons. The van der Waals surface area contributed by atoms with Gasteiger partial charge in [-0.3, -0.25) is 20.0 Å². The van der Waals surface area contributed by atoms with Crippen LogP contribution in [-0.4, -0.2) is 80.7 Å². The Morgan fingerprint density at radius 1 is 0.381 bits per heavy atom. The molecular formula is C50H59Hf2N9O2-4. The zero-order valence-electron chi connectivity index (χ0n) is 36.2. The van der Waals surface area contributed by atoms with E-state index in [2.05, 4.69) is 29.5 Å². The van der Waals surface area contributed by atoms with Crippen LogP contribution in [0, 0.1) is 4.91 Å². The van der Waals surface area contributed by atoms with Gasteiger partial charge in [-0.1, -0.05) is 141 Å². The maximum absolute atomic E-state index is 9.76. The summed E-state index contributed by atoms with van der Waals surface area (Å²) >= 11 is 0. The molecule has 13 heteroatoms. The Kier molecular flexibility index (Phi) is 30.0. The number of hydrogen-bond acceptors (Lipinski definition) is 6. The van der Waals surface area contributed by atoms with Crippen molar-refractivity contribution in [2.75, 3.05) is 52.4 Å². The predicted octanol–water partition coefficient (Wildman–Crippen LogP) is 11.7. The average Bonchev–Trinajstić information content (AvgIpc) is 3.83. The van der Waals surface area contributed by atoms with Gasteiger partial charge in [0.2, 0.25) is 0 Å². The van der Waals surface area contributed by atoms with Crippen molar-refractivity contribution in [2.24, 2.45) is 25.1 Å². The summed E-state index contributed by atoms with van der Waals surface area (Å²) in [4.78, 5) is 28.8. The number of hydrogen-bond donors (Lipinski definition) is 0. The van der Waals surface area contributed by atoms with Crippen LogP contribution in [0.3, 0.4) is 0 Å². The minimum Gasteiger partial charge on any atom is -0.683 e. The van der Waals surface area contributed by atoms with Gasteiger partial charge in [0.05, 0.1) is 0 Å². The molecule has 328 valence electrons. The van der Waals surface area contributed by atoms with Crippen molar-refractivity contribution in [2.45, 2.75) is 51.4 Å². The molecule has 2 N–H and O–H groups in total. The fourth-order valence-corrected chi connectivity index (χ4v) is 6.21. The van der Waals surface area contributed by atoms with E-state index < -0.39 is 0 Å². The van der Waals surface area contributed by atoms with Gasteiger partial charge in [0.25, 0.3) is 0 Å². The van der Waals surface area contributed by atoms with Crippen LogP contribution in [0.25, 0.3) is 21.3 Å². The summed E-state index contributed by atoms with van der Waals surface area (Å²) < 4.78 is 0. The Hall–Kier alpha value is -4.72. The van der Waals surface area contributed by atoms with E-state index in [-0.39, 0.29) is 57.2 Å². The van der Waals surface area contributed by atoms with Crippen molar-refractivity contribution in [1.29, 1.82) is 0 Å². The van der Waals surface area contributed by atoms with Gasteiger partial charge >= 0.3 is 0 Å². The van der Waals surface area contributed by atoms with Crippen LogP contribution in [0.15, 0.2) is 200 Å². The van der Waals surface area contributed by atoms with Crippen LogP contribution in [0.2, 0.25) is 0 Å². The first kappa shape index (κ1) is 54.4. The second kappa shape index (κ2) is 34.7. The maximum atomic E-state index is 9.76. The molecule has 63 heavy (non-hydrogen) atoms. The molecule has 0 spiro atoms. The van der Waals surface area contributed by atoms with Gasteiger partial charge in [0.1, 0.15) is 5.69 Å². The molecule has 6 aliphatic rings. The molecule has 0 amide bonds. The average molecular weight is 1180 g/mol. The first-order valence-corrected chi connectivity index (χ1v) is 21.3. The first-order chi connectivity index (χ1) is 29.8. The van der Waals surface area contributed by atoms with Gasteiger partial charge in [0.15, 0.2) is 0 Å². The van der Waals surface area contributed by atoms with E-state index in [0.29, 0.717) is 5.69 Å². The van der Waals surface area contributed by atoms with Crippen molar-refractivity contribution in [3.63, 3.8) is 0 Å². The minimum absolute atomic E-state index is 0. The molecule has 1 aromatic rings. The minimum atomic E-state index is 0. The molecule has 0 fully saturated rings. The SMILES string of the molecule is C1=CC=C2[N-]CCCCCN=C3C=CC=CC=C3[N-]CCCN=C2C=C1.C1=CC=C2[N-]CCCCCN=C3C=CC=CC=C3[N-]CCCN=C2C=C1.O.O=Nc1ccccc1.[Hf].[Hf]. The fourth-order valence-electron chi connectivity index (χ4n) is 6.21. The van der Waals surface area contributed by atoms with Crippen LogP contribution < -0.4 is 0 Å². The summed E-state index contributed by atoms with van der Waals surface area (Å²) in [7, 11) is 0. The van der Waals surface area contributed by atoms with Crippen molar-refractivity contribution < 1.29 is 57.2 Å². The van der Waals surface area contributed by atoms with Crippen LogP contribution >= 0.6 is 0 Å². The van der Waals surface area contributed by atoms with Gasteiger partial charge in [-0.2, -0.15) is 0 Å². The number of allylic oxidation sites excluding steroid dienone is 20. The molecule has 7 rings (SSSR count). The Bertz CT molecular complexity index is 1920. The summed E-state index contributed by atoms with van der Waals surface area (Å²) in [6, 6.07) is 8.71. The van der Waals surface area contributed by atoms with E-state index in [1.165, 1.54) is 0 Å². The Morgan fingerprint density at radius 3 is 1.02 bits per heavy atom. The van der Waals surface area contributed by atoms with Crippen molar-refractivity contribution in [1.82, 2.24) is 0 Å². The summed E-state index contributed by atoms with van der Waals surface area (Å²) in [6.07, 6.45) is 49.1. The second-order valence-electron chi connectivity index (χ2n) is 14.0. The van der Waals surface area contributed by atoms with E-state index in [4.69, 9.17) is 41.2 Å². The second-order valence-corrected chi connectivity index (χ2v) is 14.0. The Morgan fingerprint density at radius 2 is 0.698 bits per heavy atom. The Balaban J connectivity index is 0.000000354. The van der Waals surface area contributed by atoms with Crippen molar-refractivity contribution >= 4 is 28.5 Å². The van der Waals surface area contributed by atoms with E-state index in [1.54, 1.807) is 24.3 Å². The van der Waals surface area contributed by atoms with Crippen LogP contribution in [0.4, 0.5) is 5.69 Å². The smallest absolute Gasteiger partial charge is 0.107 e. The zero-order valence-corrected chi connectivity index (χ0v) is 43.4. The molecule has 1 aromatic carbocycles.